The topological polar surface area (TPSA) is 39.1 Å². The fraction of sp³-hybridized carbons (Fsp3) is 0.769. The van der Waals surface area contributed by atoms with Gasteiger partial charge in [0.2, 0.25) is 0 Å². The van der Waals surface area contributed by atoms with Crippen molar-refractivity contribution >= 4 is 0 Å². The molecule has 4 heteroatoms. The molecule has 1 heterocycles. The van der Waals surface area contributed by atoms with E-state index in [0.717, 1.165) is 37.8 Å². The van der Waals surface area contributed by atoms with E-state index in [9.17, 15) is 0 Å². The number of rotatable bonds is 8. The average molecular weight is 237 g/mol. The van der Waals surface area contributed by atoms with Gasteiger partial charge in [0.25, 0.3) is 0 Å². The minimum Gasteiger partial charge on any atom is -0.490 e. The second-order valence-corrected chi connectivity index (χ2v) is 4.75. The summed E-state index contributed by atoms with van der Waals surface area (Å²) in [4.78, 5) is 0. The van der Waals surface area contributed by atoms with Gasteiger partial charge in [-0.05, 0) is 25.7 Å². The van der Waals surface area contributed by atoms with Gasteiger partial charge in [0.05, 0.1) is 25.0 Å². The molecule has 1 aromatic rings. The van der Waals surface area contributed by atoms with Crippen LogP contribution < -0.4 is 10.1 Å². The first-order valence-electron chi connectivity index (χ1n) is 6.73. The van der Waals surface area contributed by atoms with Crippen LogP contribution in [0.1, 0.15) is 45.6 Å². The summed E-state index contributed by atoms with van der Waals surface area (Å²) in [6, 6.07) is 1.20. The van der Waals surface area contributed by atoms with Gasteiger partial charge in [-0.2, -0.15) is 5.10 Å². The van der Waals surface area contributed by atoms with E-state index in [1.54, 1.807) is 0 Å². The quantitative estimate of drug-likeness (QED) is 0.754. The summed E-state index contributed by atoms with van der Waals surface area (Å²) < 4.78 is 7.59. The van der Waals surface area contributed by atoms with Crippen molar-refractivity contribution in [2.75, 3.05) is 13.2 Å². The maximum atomic E-state index is 5.56. The third-order valence-corrected chi connectivity index (χ3v) is 3.12. The van der Waals surface area contributed by atoms with Crippen molar-refractivity contribution in [2.24, 2.45) is 0 Å². The van der Waals surface area contributed by atoms with E-state index in [0.29, 0.717) is 6.04 Å². The average Bonchev–Trinajstić information content (AvgIpc) is 3.05. The van der Waals surface area contributed by atoms with Crippen molar-refractivity contribution in [1.82, 2.24) is 15.1 Å². The first-order chi connectivity index (χ1) is 8.33. The minimum absolute atomic E-state index is 0.439. The number of hydrogen-bond acceptors (Lipinski definition) is 3. The molecule has 1 aliphatic rings. The Morgan fingerprint density at radius 3 is 3.00 bits per heavy atom. The van der Waals surface area contributed by atoms with Gasteiger partial charge >= 0.3 is 0 Å². The molecular weight excluding hydrogens is 214 g/mol. The Morgan fingerprint density at radius 1 is 1.53 bits per heavy atom. The summed E-state index contributed by atoms with van der Waals surface area (Å²) in [5, 5.41) is 7.95. The molecule has 0 aromatic carbocycles. The van der Waals surface area contributed by atoms with E-state index < -0.39 is 0 Å². The van der Waals surface area contributed by atoms with E-state index in [1.807, 2.05) is 17.1 Å². The summed E-state index contributed by atoms with van der Waals surface area (Å²) in [6.45, 7) is 6.09. The summed E-state index contributed by atoms with van der Waals surface area (Å²) in [5.41, 5.74) is 0. The number of nitrogens with one attached hydrogen (secondary N) is 1. The molecule has 0 radical (unpaired) electrons. The third kappa shape index (κ3) is 3.73. The molecule has 1 N–H and O–H groups in total. The second kappa shape index (κ2) is 6.05. The Morgan fingerprint density at radius 2 is 2.35 bits per heavy atom. The molecule has 0 bridgehead atoms. The van der Waals surface area contributed by atoms with Crippen molar-refractivity contribution in [3.8, 4) is 5.75 Å². The van der Waals surface area contributed by atoms with Gasteiger partial charge in [-0.25, -0.2) is 0 Å². The van der Waals surface area contributed by atoms with Crippen LogP contribution in [0.5, 0.6) is 5.75 Å². The maximum absolute atomic E-state index is 5.56. The second-order valence-electron chi connectivity index (χ2n) is 4.75. The van der Waals surface area contributed by atoms with Crippen LogP contribution in [-0.4, -0.2) is 29.0 Å². The van der Waals surface area contributed by atoms with Crippen molar-refractivity contribution in [3.63, 3.8) is 0 Å². The largest absolute Gasteiger partial charge is 0.490 e. The Hall–Kier alpha value is -1.03. The lowest BCUT2D eigenvalue weighted by Gasteiger charge is -2.15. The van der Waals surface area contributed by atoms with E-state index in [2.05, 4.69) is 24.3 Å². The van der Waals surface area contributed by atoms with E-state index in [4.69, 9.17) is 4.74 Å². The van der Waals surface area contributed by atoms with Crippen LogP contribution in [0.4, 0.5) is 0 Å². The number of hydrogen-bond donors (Lipinski definition) is 1. The molecule has 0 saturated heterocycles. The zero-order chi connectivity index (χ0) is 12.1. The smallest absolute Gasteiger partial charge is 0.157 e. The fourth-order valence-corrected chi connectivity index (χ4v) is 1.83. The molecule has 1 aromatic heterocycles. The fourth-order valence-electron chi connectivity index (χ4n) is 1.83. The molecule has 2 rings (SSSR count). The number of aromatic nitrogens is 2. The van der Waals surface area contributed by atoms with Gasteiger partial charge in [-0.3, -0.25) is 4.68 Å². The van der Waals surface area contributed by atoms with Gasteiger partial charge in [-0.15, -0.1) is 0 Å². The highest BCUT2D eigenvalue weighted by atomic mass is 16.5. The van der Waals surface area contributed by atoms with Gasteiger partial charge in [0.15, 0.2) is 5.75 Å². The minimum atomic E-state index is 0.439. The molecule has 1 aliphatic carbocycles. The third-order valence-electron chi connectivity index (χ3n) is 3.12. The van der Waals surface area contributed by atoms with Crippen molar-refractivity contribution in [2.45, 2.75) is 51.6 Å². The summed E-state index contributed by atoms with van der Waals surface area (Å²) in [5.74, 6) is 0.886. The van der Waals surface area contributed by atoms with Crippen LogP contribution in [0.3, 0.4) is 0 Å². The van der Waals surface area contributed by atoms with Gasteiger partial charge in [0.1, 0.15) is 0 Å². The summed E-state index contributed by atoms with van der Waals surface area (Å²) in [7, 11) is 0. The van der Waals surface area contributed by atoms with Crippen LogP contribution in [0.15, 0.2) is 12.4 Å². The van der Waals surface area contributed by atoms with Crippen LogP contribution in [0, 0.1) is 0 Å². The molecule has 0 spiro atoms. The molecular formula is C13H23N3O. The van der Waals surface area contributed by atoms with E-state index in [-0.39, 0.29) is 0 Å². The summed E-state index contributed by atoms with van der Waals surface area (Å²) >= 11 is 0. The molecule has 4 nitrogen and oxygen atoms in total. The lowest BCUT2D eigenvalue weighted by Crippen LogP contribution is -2.26. The SMILES string of the molecule is CCCOc1cnn(C(CC)CNC2CC2)c1. The normalized spacial score (nSPS) is 17.1. The van der Waals surface area contributed by atoms with Gasteiger partial charge in [0, 0.05) is 12.6 Å². The predicted molar refractivity (Wildman–Crippen MR) is 68.4 cm³/mol. The standard InChI is InChI=1S/C13H23N3O/c1-3-7-17-13-9-15-16(10-13)12(4-2)8-14-11-5-6-11/h9-12,14H,3-8H2,1-2H3. The molecule has 1 saturated carbocycles. The van der Waals surface area contributed by atoms with Gasteiger partial charge in [-0.1, -0.05) is 13.8 Å². The molecule has 0 amide bonds. The summed E-state index contributed by atoms with van der Waals surface area (Å²) in [6.07, 6.45) is 8.62. The van der Waals surface area contributed by atoms with Gasteiger partial charge < -0.3 is 10.1 Å². The van der Waals surface area contributed by atoms with E-state index >= 15 is 0 Å². The molecule has 0 aliphatic heterocycles. The highest BCUT2D eigenvalue weighted by Crippen LogP contribution is 2.21. The highest BCUT2D eigenvalue weighted by Gasteiger charge is 2.22. The zero-order valence-electron chi connectivity index (χ0n) is 10.9. The highest BCUT2D eigenvalue weighted by molar-refractivity contribution is 5.12. The van der Waals surface area contributed by atoms with Crippen LogP contribution >= 0.6 is 0 Å². The molecule has 1 fully saturated rings. The Kier molecular flexibility index (Phi) is 4.42. The Labute approximate surface area is 103 Å². The zero-order valence-corrected chi connectivity index (χ0v) is 10.9. The van der Waals surface area contributed by atoms with Crippen molar-refractivity contribution < 1.29 is 4.74 Å². The van der Waals surface area contributed by atoms with E-state index in [1.165, 1.54) is 12.8 Å². The number of nitrogens with zero attached hydrogens (tertiary/aromatic N) is 2. The molecule has 96 valence electrons. The lowest BCUT2D eigenvalue weighted by atomic mass is 10.2. The first kappa shape index (κ1) is 12.4. The maximum Gasteiger partial charge on any atom is 0.157 e. The Balaban J connectivity index is 1.85. The molecule has 17 heavy (non-hydrogen) atoms. The lowest BCUT2D eigenvalue weighted by molar-refractivity contribution is 0.316. The molecule has 1 unspecified atom stereocenters. The first-order valence-corrected chi connectivity index (χ1v) is 6.73. The Bertz CT molecular complexity index is 333. The van der Waals surface area contributed by atoms with Crippen LogP contribution in [0.25, 0.3) is 0 Å². The van der Waals surface area contributed by atoms with Crippen LogP contribution in [0.2, 0.25) is 0 Å². The molecule has 1 atom stereocenters. The predicted octanol–water partition coefficient (Wildman–Crippen LogP) is 2.38. The number of ether oxygens (including phenoxy) is 1. The van der Waals surface area contributed by atoms with Crippen LogP contribution in [-0.2, 0) is 0 Å². The van der Waals surface area contributed by atoms with Crippen molar-refractivity contribution in [1.29, 1.82) is 0 Å². The van der Waals surface area contributed by atoms with Crippen molar-refractivity contribution in [3.05, 3.63) is 12.4 Å². The monoisotopic (exact) mass is 237 g/mol.